The average molecular weight is 314 g/mol. The van der Waals surface area contributed by atoms with Crippen LogP contribution in [-0.2, 0) is 0 Å². The molecule has 0 unspecified atom stereocenters. The van der Waals surface area contributed by atoms with Gasteiger partial charge in [0.2, 0.25) is 0 Å². The number of nitrogens with one attached hydrogen (secondary N) is 1. The van der Waals surface area contributed by atoms with Crippen molar-refractivity contribution in [1.82, 2.24) is 4.98 Å². The third-order valence-electron chi connectivity index (χ3n) is 3.38. The van der Waals surface area contributed by atoms with Gasteiger partial charge in [-0.3, -0.25) is 0 Å². The molecule has 2 rings (SSSR count). The Morgan fingerprint density at radius 3 is 2.65 bits per heavy atom. The molecule has 122 valence electrons. The highest BCUT2D eigenvalue weighted by molar-refractivity contribution is 5.87. The number of carboxylic acid groups (broad SMARTS) is 1. The van der Waals surface area contributed by atoms with E-state index in [0.717, 1.165) is 23.4 Å². The van der Waals surface area contributed by atoms with E-state index in [-0.39, 0.29) is 5.56 Å². The maximum atomic E-state index is 10.8. The van der Waals surface area contributed by atoms with Gasteiger partial charge in [0.25, 0.3) is 0 Å². The molecule has 0 radical (unpaired) electrons. The van der Waals surface area contributed by atoms with Gasteiger partial charge in [-0.25, -0.2) is 9.78 Å². The fourth-order valence-electron chi connectivity index (χ4n) is 2.16. The molecule has 2 N–H and O–H groups in total. The number of benzene rings is 1. The minimum atomic E-state index is -0.983. The van der Waals surface area contributed by atoms with E-state index in [9.17, 15) is 4.79 Å². The topological polar surface area (TPSA) is 71.5 Å². The van der Waals surface area contributed by atoms with Crippen molar-refractivity contribution < 1.29 is 14.6 Å². The molecule has 0 fully saturated rings. The molecule has 0 aliphatic rings. The second-order valence-corrected chi connectivity index (χ2v) is 5.62. The summed E-state index contributed by atoms with van der Waals surface area (Å²) in [5.74, 6) is 0.864. The van der Waals surface area contributed by atoms with Crippen LogP contribution in [0.4, 0.5) is 11.5 Å². The first-order chi connectivity index (χ1) is 11.0. The van der Waals surface area contributed by atoms with Gasteiger partial charge in [0.15, 0.2) is 0 Å². The molecule has 5 nitrogen and oxygen atoms in total. The number of hydrogen-bond acceptors (Lipinski definition) is 4. The Labute approximate surface area is 136 Å². The van der Waals surface area contributed by atoms with Crippen LogP contribution < -0.4 is 10.1 Å². The van der Waals surface area contributed by atoms with Crippen LogP contribution >= 0.6 is 0 Å². The van der Waals surface area contributed by atoms with Gasteiger partial charge in [-0.05, 0) is 48.2 Å². The minimum Gasteiger partial charge on any atom is -0.493 e. The Kier molecular flexibility index (Phi) is 5.57. The molecular formula is C18H22N2O3. The van der Waals surface area contributed by atoms with Crippen LogP contribution in [0.1, 0.15) is 49.0 Å². The van der Waals surface area contributed by atoms with Crippen LogP contribution in [0.25, 0.3) is 0 Å². The number of pyridine rings is 1. The smallest absolute Gasteiger partial charge is 0.337 e. The summed E-state index contributed by atoms with van der Waals surface area (Å²) in [6, 6.07) is 9.12. The largest absolute Gasteiger partial charge is 0.493 e. The Hall–Kier alpha value is -2.56. The molecule has 0 atom stereocenters. The van der Waals surface area contributed by atoms with Gasteiger partial charge in [-0.15, -0.1) is 0 Å². The lowest BCUT2D eigenvalue weighted by molar-refractivity contribution is 0.0696. The van der Waals surface area contributed by atoms with Crippen LogP contribution in [0.2, 0.25) is 0 Å². The quantitative estimate of drug-likeness (QED) is 0.790. The number of anilines is 2. The zero-order valence-corrected chi connectivity index (χ0v) is 13.7. The number of carboxylic acids is 1. The van der Waals surface area contributed by atoms with E-state index in [0.29, 0.717) is 18.3 Å². The van der Waals surface area contributed by atoms with E-state index in [1.165, 1.54) is 12.3 Å². The lowest BCUT2D eigenvalue weighted by Crippen LogP contribution is -2.02. The van der Waals surface area contributed by atoms with Gasteiger partial charge >= 0.3 is 5.97 Å². The second-order valence-electron chi connectivity index (χ2n) is 5.62. The Morgan fingerprint density at radius 2 is 2.09 bits per heavy atom. The fourth-order valence-corrected chi connectivity index (χ4v) is 2.16. The summed E-state index contributed by atoms with van der Waals surface area (Å²) in [5.41, 5.74) is 2.19. The number of carbonyl (C=O) groups is 1. The lowest BCUT2D eigenvalue weighted by Gasteiger charge is -2.16. The highest BCUT2D eigenvalue weighted by Crippen LogP contribution is 2.30. The zero-order valence-electron chi connectivity index (χ0n) is 13.7. The molecule has 0 amide bonds. The van der Waals surface area contributed by atoms with Crippen molar-refractivity contribution in [2.24, 2.45) is 0 Å². The molecule has 0 spiro atoms. The number of nitrogens with zero attached hydrogens (tertiary/aromatic N) is 1. The first-order valence-corrected chi connectivity index (χ1v) is 7.74. The van der Waals surface area contributed by atoms with Crippen molar-refractivity contribution in [3.05, 3.63) is 47.7 Å². The van der Waals surface area contributed by atoms with Crippen LogP contribution in [0.3, 0.4) is 0 Å². The first-order valence-electron chi connectivity index (χ1n) is 7.74. The highest BCUT2D eigenvalue weighted by Gasteiger charge is 2.10. The maximum absolute atomic E-state index is 10.8. The average Bonchev–Trinajstić information content (AvgIpc) is 2.54. The van der Waals surface area contributed by atoms with Crippen molar-refractivity contribution in [2.45, 2.75) is 33.1 Å². The molecule has 2 aromatic rings. The summed E-state index contributed by atoms with van der Waals surface area (Å²) < 4.78 is 5.79. The van der Waals surface area contributed by atoms with Crippen LogP contribution in [0, 0.1) is 0 Å². The van der Waals surface area contributed by atoms with Crippen molar-refractivity contribution in [3.8, 4) is 5.75 Å². The molecule has 1 aromatic carbocycles. The third kappa shape index (κ3) is 4.45. The van der Waals surface area contributed by atoms with Gasteiger partial charge in [0.05, 0.1) is 12.2 Å². The number of rotatable bonds is 7. The maximum Gasteiger partial charge on any atom is 0.337 e. The number of aromatic nitrogens is 1. The SMILES string of the molecule is CCCOc1ccc(Nc2ccc(C(=O)O)cn2)cc1C(C)C. The molecule has 1 heterocycles. The summed E-state index contributed by atoms with van der Waals surface area (Å²) in [5, 5.41) is 12.1. The molecule has 0 aliphatic carbocycles. The van der Waals surface area contributed by atoms with Crippen molar-refractivity contribution in [3.63, 3.8) is 0 Å². The number of aromatic carboxylic acids is 1. The molecule has 0 aliphatic heterocycles. The minimum absolute atomic E-state index is 0.168. The molecule has 1 aromatic heterocycles. The van der Waals surface area contributed by atoms with E-state index in [1.54, 1.807) is 6.07 Å². The predicted octanol–water partition coefficient (Wildman–Crippen LogP) is 4.44. The Balaban J connectivity index is 2.19. The van der Waals surface area contributed by atoms with Crippen molar-refractivity contribution in [1.29, 1.82) is 0 Å². The second kappa shape index (κ2) is 7.63. The first kappa shape index (κ1) is 16.8. The van der Waals surface area contributed by atoms with Gasteiger partial charge < -0.3 is 15.2 Å². The number of ether oxygens (including phenoxy) is 1. The standard InChI is InChI=1S/C18H22N2O3/c1-4-9-23-16-7-6-14(10-15(16)12(2)3)20-17-8-5-13(11-19-17)18(21)22/h5-8,10-12H,4,9H2,1-3H3,(H,19,20)(H,21,22). The van der Waals surface area contributed by atoms with Crippen molar-refractivity contribution >= 4 is 17.5 Å². The Morgan fingerprint density at radius 1 is 1.30 bits per heavy atom. The van der Waals surface area contributed by atoms with Gasteiger partial charge in [0, 0.05) is 11.9 Å². The van der Waals surface area contributed by atoms with Crippen LogP contribution in [0.5, 0.6) is 5.75 Å². The monoisotopic (exact) mass is 314 g/mol. The summed E-state index contributed by atoms with van der Waals surface area (Å²) in [4.78, 5) is 15.0. The summed E-state index contributed by atoms with van der Waals surface area (Å²) in [6.07, 6.45) is 2.31. The molecule has 0 saturated carbocycles. The van der Waals surface area contributed by atoms with Gasteiger partial charge in [0.1, 0.15) is 11.6 Å². The van der Waals surface area contributed by atoms with E-state index < -0.39 is 5.97 Å². The van der Waals surface area contributed by atoms with Gasteiger partial charge in [-0.1, -0.05) is 20.8 Å². The normalized spacial score (nSPS) is 10.6. The summed E-state index contributed by atoms with van der Waals surface area (Å²) >= 11 is 0. The van der Waals surface area contributed by atoms with E-state index in [4.69, 9.17) is 9.84 Å². The number of hydrogen-bond donors (Lipinski definition) is 2. The lowest BCUT2D eigenvalue weighted by atomic mass is 10.0. The van der Waals surface area contributed by atoms with Crippen LogP contribution in [-0.4, -0.2) is 22.7 Å². The van der Waals surface area contributed by atoms with Crippen LogP contribution in [0.15, 0.2) is 36.5 Å². The molecule has 0 saturated heterocycles. The highest BCUT2D eigenvalue weighted by atomic mass is 16.5. The summed E-state index contributed by atoms with van der Waals surface area (Å²) in [6.45, 7) is 7.03. The fraction of sp³-hybridized carbons (Fsp3) is 0.333. The molecule has 5 heteroatoms. The summed E-state index contributed by atoms with van der Waals surface area (Å²) in [7, 11) is 0. The zero-order chi connectivity index (χ0) is 16.8. The molecular weight excluding hydrogens is 292 g/mol. The van der Waals surface area contributed by atoms with Crippen molar-refractivity contribution in [2.75, 3.05) is 11.9 Å². The van der Waals surface area contributed by atoms with Gasteiger partial charge in [-0.2, -0.15) is 0 Å². The molecule has 0 bridgehead atoms. The Bertz CT molecular complexity index is 666. The van der Waals surface area contributed by atoms with E-state index >= 15 is 0 Å². The predicted molar refractivity (Wildman–Crippen MR) is 90.8 cm³/mol. The molecule has 23 heavy (non-hydrogen) atoms. The third-order valence-corrected chi connectivity index (χ3v) is 3.38. The van der Waals surface area contributed by atoms with E-state index in [1.807, 2.05) is 18.2 Å². The van der Waals surface area contributed by atoms with E-state index in [2.05, 4.69) is 31.1 Å².